The van der Waals surface area contributed by atoms with Crippen molar-refractivity contribution in [1.82, 2.24) is 4.98 Å². The monoisotopic (exact) mass is 289 g/mol. The Morgan fingerprint density at radius 3 is 2.21 bits per heavy atom. The molecule has 0 aromatic heterocycles. The molecule has 0 fully saturated rings. The molecule has 1 amide bonds. The number of rotatable bonds is 10. The van der Waals surface area contributed by atoms with E-state index in [9.17, 15) is 9.59 Å². The first-order chi connectivity index (χ1) is 9.04. The van der Waals surface area contributed by atoms with Gasteiger partial charge in [-0.15, -0.1) is 0 Å². The number of carboxylic acids is 1. The fraction of sp³-hybridized carbons (Fsp3) is 0.667. The number of hydrogen-bond donors (Lipinski definition) is 2. The van der Waals surface area contributed by atoms with Crippen molar-refractivity contribution < 1.29 is 24.2 Å². The molecule has 0 saturated heterocycles. The van der Waals surface area contributed by atoms with Gasteiger partial charge in [0.15, 0.2) is 5.91 Å². The minimum atomic E-state index is -1.79. The van der Waals surface area contributed by atoms with Crippen LogP contribution in [0, 0.1) is 0 Å². The second-order valence-corrected chi connectivity index (χ2v) is 6.48. The van der Waals surface area contributed by atoms with Gasteiger partial charge in [-0.3, -0.25) is 4.79 Å². The third-order valence-electron chi connectivity index (χ3n) is 2.30. The van der Waals surface area contributed by atoms with E-state index in [0.29, 0.717) is 13.2 Å². The van der Waals surface area contributed by atoms with Crippen LogP contribution in [0.25, 0.3) is 0 Å². The zero-order chi connectivity index (χ0) is 14.7. The molecule has 0 aliphatic carbocycles. The van der Waals surface area contributed by atoms with Gasteiger partial charge in [0.05, 0.1) is 0 Å². The van der Waals surface area contributed by atoms with Crippen LogP contribution in [0.15, 0.2) is 12.2 Å². The second kappa shape index (κ2) is 10.7. The largest absolute Gasteiger partial charge is 0.478 e. The molecule has 2 N–H and O–H groups in total. The molecular weight excluding hydrogens is 266 g/mol. The number of carbonyl (C=O) groups is 2. The maximum Gasteiger partial charge on any atom is 0.328 e. The Morgan fingerprint density at radius 1 is 1.21 bits per heavy atom. The van der Waals surface area contributed by atoms with E-state index in [2.05, 4.69) is 4.98 Å². The number of ether oxygens (including phenoxy) is 2. The van der Waals surface area contributed by atoms with E-state index in [1.54, 1.807) is 0 Å². The molecule has 19 heavy (non-hydrogen) atoms. The molecule has 0 spiro atoms. The lowest BCUT2D eigenvalue weighted by Crippen LogP contribution is -2.49. The Labute approximate surface area is 115 Å². The molecule has 1 unspecified atom stereocenters. The molecule has 7 heteroatoms. The lowest BCUT2D eigenvalue weighted by Gasteiger charge is -2.25. The Kier molecular flexibility index (Phi) is 10.0. The molecule has 6 nitrogen and oxygen atoms in total. The van der Waals surface area contributed by atoms with Gasteiger partial charge in [0, 0.05) is 25.4 Å². The van der Waals surface area contributed by atoms with Gasteiger partial charge in [-0.1, -0.05) is 13.3 Å². The number of hydrogen-bond acceptors (Lipinski definition) is 4. The quantitative estimate of drug-likeness (QED) is 0.353. The number of aliphatic carboxylic acids is 1. The van der Waals surface area contributed by atoms with Crippen molar-refractivity contribution in [3.63, 3.8) is 0 Å². The highest BCUT2D eigenvalue weighted by molar-refractivity contribution is 6.60. The summed E-state index contributed by atoms with van der Waals surface area (Å²) in [4.78, 5) is 24.8. The number of carbonyl (C=O) groups excluding carboxylic acids is 1. The Hall–Kier alpha value is -1.18. The molecule has 0 radical (unpaired) electrons. The van der Waals surface area contributed by atoms with E-state index < -0.39 is 20.8 Å². The highest BCUT2D eigenvalue weighted by Gasteiger charge is 2.25. The van der Waals surface area contributed by atoms with E-state index in [1.165, 1.54) is 0 Å². The SMILES string of the molecule is CCC[SiH](NC(=O)/C=C\C(=O)O)C(OCC)OCC. The molecule has 0 aromatic carbocycles. The van der Waals surface area contributed by atoms with Crippen LogP contribution in [0.1, 0.15) is 27.2 Å². The summed E-state index contributed by atoms with van der Waals surface area (Å²) < 4.78 is 11.0. The maximum absolute atomic E-state index is 11.6. The first-order valence-electron chi connectivity index (χ1n) is 6.49. The molecule has 0 rings (SSSR count). The van der Waals surface area contributed by atoms with Crippen LogP contribution in [0.2, 0.25) is 6.04 Å². The van der Waals surface area contributed by atoms with Crippen LogP contribution in [0.5, 0.6) is 0 Å². The van der Waals surface area contributed by atoms with Crippen molar-refractivity contribution in [3.8, 4) is 0 Å². The van der Waals surface area contributed by atoms with Crippen molar-refractivity contribution in [2.75, 3.05) is 13.2 Å². The molecule has 0 heterocycles. The van der Waals surface area contributed by atoms with Gasteiger partial charge in [-0.2, -0.15) is 0 Å². The van der Waals surface area contributed by atoms with Gasteiger partial charge in [0.1, 0.15) is 0 Å². The Morgan fingerprint density at radius 2 is 1.79 bits per heavy atom. The van der Waals surface area contributed by atoms with Gasteiger partial charge in [0.2, 0.25) is 14.9 Å². The summed E-state index contributed by atoms with van der Waals surface area (Å²) in [5.41, 5.74) is 0. The third-order valence-corrected chi connectivity index (χ3v) is 5.19. The summed E-state index contributed by atoms with van der Waals surface area (Å²) in [7, 11) is -1.79. The van der Waals surface area contributed by atoms with Gasteiger partial charge >= 0.3 is 5.97 Å². The van der Waals surface area contributed by atoms with Gasteiger partial charge in [-0.05, 0) is 19.9 Å². The molecular formula is C12H23NO5Si. The van der Waals surface area contributed by atoms with Crippen molar-refractivity contribution in [2.24, 2.45) is 0 Å². The average Bonchev–Trinajstić information content (AvgIpc) is 2.35. The predicted molar refractivity (Wildman–Crippen MR) is 74.2 cm³/mol. The van der Waals surface area contributed by atoms with Crippen LogP contribution in [-0.4, -0.2) is 45.1 Å². The maximum atomic E-state index is 11.6. The van der Waals surface area contributed by atoms with Crippen LogP contribution in [-0.2, 0) is 19.1 Å². The summed E-state index contributed by atoms with van der Waals surface area (Å²) in [6.45, 7) is 6.79. The first kappa shape index (κ1) is 17.8. The van der Waals surface area contributed by atoms with E-state index in [1.807, 2.05) is 20.8 Å². The average molecular weight is 289 g/mol. The topological polar surface area (TPSA) is 84.9 Å². The van der Waals surface area contributed by atoms with E-state index in [-0.39, 0.29) is 5.91 Å². The van der Waals surface area contributed by atoms with Gasteiger partial charge < -0.3 is 19.6 Å². The van der Waals surface area contributed by atoms with E-state index >= 15 is 0 Å². The minimum Gasteiger partial charge on any atom is -0.478 e. The minimum absolute atomic E-state index is 0.378. The third kappa shape index (κ3) is 8.52. The summed E-state index contributed by atoms with van der Waals surface area (Å²) in [6, 6.07) is 0.831. The highest BCUT2D eigenvalue weighted by atomic mass is 28.3. The second-order valence-electron chi connectivity index (χ2n) is 3.85. The van der Waals surface area contributed by atoms with Crippen LogP contribution in [0.4, 0.5) is 0 Å². The molecule has 110 valence electrons. The number of nitrogens with one attached hydrogen (secondary N) is 1. The molecule has 0 saturated carbocycles. The van der Waals surface area contributed by atoms with Crippen molar-refractivity contribution in [3.05, 3.63) is 12.2 Å². The van der Waals surface area contributed by atoms with Crippen molar-refractivity contribution in [1.29, 1.82) is 0 Å². The standard InChI is InChI=1S/C12H23NO5Si/c1-4-9-19(12(17-5-2)18-6-3)13-10(14)7-8-11(15)16/h7-8,12,19H,4-6,9H2,1-3H3,(H,13,14)(H,15,16)/b8-7-. The van der Waals surface area contributed by atoms with Crippen LogP contribution in [0.3, 0.4) is 0 Å². The molecule has 0 aliphatic heterocycles. The normalized spacial score (nSPS) is 12.8. The lowest BCUT2D eigenvalue weighted by molar-refractivity contribution is -0.131. The fourth-order valence-corrected chi connectivity index (χ4v) is 4.06. The Balaban J connectivity index is 4.59. The van der Waals surface area contributed by atoms with Crippen LogP contribution < -0.4 is 4.98 Å². The fourth-order valence-electron chi connectivity index (χ4n) is 1.57. The summed E-state index contributed by atoms with van der Waals surface area (Å²) in [6.07, 6.45) is 2.76. The van der Waals surface area contributed by atoms with Crippen molar-refractivity contribution >= 4 is 20.8 Å². The zero-order valence-corrected chi connectivity index (χ0v) is 12.9. The van der Waals surface area contributed by atoms with E-state index in [4.69, 9.17) is 14.6 Å². The number of amides is 1. The number of carboxylic acid groups (broad SMARTS) is 1. The van der Waals surface area contributed by atoms with Gasteiger partial charge in [0.25, 0.3) is 0 Å². The molecule has 1 atom stereocenters. The molecule has 0 aromatic rings. The van der Waals surface area contributed by atoms with Crippen molar-refractivity contribution in [2.45, 2.75) is 39.1 Å². The smallest absolute Gasteiger partial charge is 0.328 e. The lowest BCUT2D eigenvalue weighted by atomic mass is 10.5. The van der Waals surface area contributed by atoms with Gasteiger partial charge in [-0.25, -0.2) is 4.79 Å². The highest BCUT2D eigenvalue weighted by Crippen LogP contribution is 2.06. The summed E-state index contributed by atoms with van der Waals surface area (Å²) in [5.74, 6) is -1.93. The molecule has 0 aliphatic rings. The first-order valence-corrected chi connectivity index (χ1v) is 8.55. The Bertz CT molecular complexity index is 302. The van der Waals surface area contributed by atoms with E-state index in [0.717, 1.165) is 24.6 Å². The summed E-state index contributed by atoms with van der Waals surface area (Å²) >= 11 is 0. The molecule has 0 bridgehead atoms. The predicted octanol–water partition coefficient (Wildman–Crippen LogP) is 0.815. The van der Waals surface area contributed by atoms with Crippen LogP contribution >= 0.6 is 0 Å². The zero-order valence-electron chi connectivity index (χ0n) is 11.7. The summed E-state index contributed by atoms with van der Waals surface area (Å²) in [5, 5.41) is 8.47.